The van der Waals surface area contributed by atoms with Crippen LogP contribution in [-0.4, -0.2) is 18.0 Å². The van der Waals surface area contributed by atoms with Crippen LogP contribution in [0, 0.1) is 17.4 Å². The Morgan fingerprint density at radius 3 is 2.12 bits per heavy atom. The number of nitrogens with zero attached hydrogens (tertiary/aromatic N) is 1. The van der Waals surface area contributed by atoms with Crippen molar-refractivity contribution in [2.24, 2.45) is 0 Å². The van der Waals surface area contributed by atoms with Gasteiger partial charge in [0.2, 0.25) is 0 Å². The van der Waals surface area contributed by atoms with Gasteiger partial charge in [-0.1, -0.05) is 19.9 Å². The highest BCUT2D eigenvalue weighted by Gasteiger charge is 2.08. The van der Waals surface area contributed by atoms with E-state index in [0.29, 0.717) is 0 Å². The molecule has 1 nitrogen and oxygen atoms in total. The van der Waals surface area contributed by atoms with Crippen LogP contribution in [0.25, 0.3) is 0 Å². The van der Waals surface area contributed by atoms with E-state index in [4.69, 9.17) is 0 Å². The summed E-state index contributed by atoms with van der Waals surface area (Å²) in [4.78, 5) is 2.56. The summed E-state index contributed by atoms with van der Waals surface area (Å²) in [6.07, 6.45) is 2.48. The van der Waals surface area contributed by atoms with Crippen molar-refractivity contribution in [1.29, 1.82) is 0 Å². The SMILES string of the molecule is CCCN(CCC)Cc1cc(C)c(I)cc1C. The lowest BCUT2D eigenvalue weighted by atomic mass is 10.0. The quantitative estimate of drug-likeness (QED) is 0.685. The molecule has 1 aromatic rings. The molecule has 0 bridgehead atoms. The van der Waals surface area contributed by atoms with Crippen LogP contribution in [0.1, 0.15) is 43.4 Å². The Kier molecular flexibility index (Phi) is 6.49. The molecule has 0 aromatic heterocycles. The molecule has 0 radical (unpaired) electrons. The minimum Gasteiger partial charge on any atom is -0.299 e. The highest BCUT2D eigenvalue weighted by atomic mass is 127. The summed E-state index contributed by atoms with van der Waals surface area (Å²) in [6.45, 7) is 12.5. The van der Waals surface area contributed by atoms with E-state index in [1.54, 1.807) is 0 Å². The van der Waals surface area contributed by atoms with Gasteiger partial charge < -0.3 is 0 Å². The van der Waals surface area contributed by atoms with Crippen molar-refractivity contribution >= 4 is 22.6 Å². The molecule has 0 spiro atoms. The fourth-order valence-electron chi connectivity index (χ4n) is 2.15. The average molecular weight is 345 g/mol. The Hall–Kier alpha value is -0.0900. The number of hydrogen-bond acceptors (Lipinski definition) is 1. The van der Waals surface area contributed by atoms with Crippen molar-refractivity contribution in [3.63, 3.8) is 0 Å². The third kappa shape index (κ3) is 4.59. The third-order valence-electron chi connectivity index (χ3n) is 3.09. The molecular weight excluding hydrogens is 321 g/mol. The molecule has 0 unspecified atom stereocenters. The second-order valence-electron chi connectivity index (χ2n) is 4.80. The molecule has 0 saturated carbocycles. The Labute approximate surface area is 120 Å². The minimum atomic E-state index is 1.10. The molecule has 0 aliphatic heterocycles. The maximum absolute atomic E-state index is 2.56. The maximum atomic E-state index is 2.56. The van der Waals surface area contributed by atoms with E-state index in [1.807, 2.05) is 0 Å². The zero-order chi connectivity index (χ0) is 12.8. The summed E-state index contributed by atoms with van der Waals surface area (Å²) >= 11 is 2.42. The lowest BCUT2D eigenvalue weighted by Gasteiger charge is -2.22. The first kappa shape index (κ1) is 15.0. The smallest absolute Gasteiger partial charge is 0.0236 e. The van der Waals surface area contributed by atoms with Crippen molar-refractivity contribution in [2.45, 2.75) is 47.1 Å². The second-order valence-corrected chi connectivity index (χ2v) is 5.97. The number of halogens is 1. The van der Waals surface area contributed by atoms with Crippen LogP contribution in [0.4, 0.5) is 0 Å². The van der Waals surface area contributed by atoms with Crippen LogP contribution >= 0.6 is 22.6 Å². The molecule has 0 aliphatic carbocycles. The number of aryl methyl sites for hydroxylation is 2. The highest BCUT2D eigenvalue weighted by Crippen LogP contribution is 2.19. The van der Waals surface area contributed by atoms with Crippen molar-refractivity contribution in [3.8, 4) is 0 Å². The van der Waals surface area contributed by atoms with Crippen LogP contribution in [0.15, 0.2) is 12.1 Å². The summed E-state index contributed by atoms with van der Waals surface area (Å²) in [5, 5.41) is 0. The molecular formula is C15H24IN. The van der Waals surface area contributed by atoms with Gasteiger partial charge in [0.1, 0.15) is 0 Å². The van der Waals surface area contributed by atoms with Crippen LogP contribution < -0.4 is 0 Å². The van der Waals surface area contributed by atoms with Crippen molar-refractivity contribution < 1.29 is 0 Å². The fraction of sp³-hybridized carbons (Fsp3) is 0.600. The van der Waals surface area contributed by atoms with Crippen molar-refractivity contribution in [3.05, 3.63) is 32.4 Å². The van der Waals surface area contributed by atoms with Crippen LogP contribution in [0.3, 0.4) is 0 Å². The molecule has 96 valence electrons. The molecule has 0 fully saturated rings. The summed E-state index contributed by atoms with van der Waals surface area (Å²) in [6, 6.07) is 4.66. The molecule has 1 rings (SSSR count). The molecule has 0 heterocycles. The Bertz CT molecular complexity index is 354. The summed E-state index contributed by atoms with van der Waals surface area (Å²) in [5.41, 5.74) is 4.32. The lowest BCUT2D eigenvalue weighted by molar-refractivity contribution is 0.266. The molecule has 0 amide bonds. The average Bonchev–Trinajstić information content (AvgIpc) is 2.26. The van der Waals surface area contributed by atoms with Gasteiger partial charge in [0.15, 0.2) is 0 Å². The minimum absolute atomic E-state index is 1.10. The van der Waals surface area contributed by atoms with Gasteiger partial charge in [-0.05, 0) is 85.1 Å². The Balaban J connectivity index is 2.81. The highest BCUT2D eigenvalue weighted by molar-refractivity contribution is 14.1. The molecule has 0 atom stereocenters. The van der Waals surface area contributed by atoms with Crippen molar-refractivity contribution in [2.75, 3.05) is 13.1 Å². The Morgan fingerprint density at radius 1 is 1.00 bits per heavy atom. The van der Waals surface area contributed by atoms with Crippen molar-refractivity contribution in [1.82, 2.24) is 4.90 Å². The van der Waals surface area contributed by atoms with Gasteiger partial charge in [-0.3, -0.25) is 4.90 Å². The normalized spacial score (nSPS) is 11.2. The first-order valence-corrected chi connectivity index (χ1v) is 7.64. The summed E-state index contributed by atoms with van der Waals surface area (Å²) in [5.74, 6) is 0. The van der Waals surface area contributed by atoms with E-state index in [2.05, 4.69) is 67.3 Å². The predicted molar refractivity (Wildman–Crippen MR) is 84.5 cm³/mol. The van der Waals surface area contributed by atoms with E-state index >= 15 is 0 Å². The van der Waals surface area contributed by atoms with Gasteiger partial charge in [0.05, 0.1) is 0 Å². The number of benzene rings is 1. The first-order valence-electron chi connectivity index (χ1n) is 6.56. The van der Waals surface area contributed by atoms with Gasteiger partial charge in [-0.2, -0.15) is 0 Å². The van der Waals surface area contributed by atoms with Gasteiger partial charge >= 0.3 is 0 Å². The number of hydrogen-bond donors (Lipinski definition) is 0. The fourth-order valence-corrected chi connectivity index (χ4v) is 2.78. The van der Waals surface area contributed by atoms with E-state index in [1.165, 1.54) is 46.2 Å². The third-order valence-corrected chi connectivity index (χ3v) is 4.25. The van der Waals surface area contributed by atoms with Gasteiger partial charge in [0.25, 0.3) is 0 Å². The number of rotatable bonds is 6. The van der Waals surface area contributed by atoms with E-state index in [9.17, 15) is 0 Å². The standard InChI is InChI=1S/C15H24IN/c1-5-7-17(8-6-2)11-14-9-13(4)15(16)10-12(14)3/h9-10H,5-8,11H2,1-4H3. The van der Waals surface area contributed by atoms with Crippen LogP contribution in [0.5, 0.6) is 0 Å². The molecule has 0 saturated heterocycles. The first-order chi connectivity index (χ1) is 8.08. The van der Waals surface area contributed by atoms with Crippen LogP contribution in [-0.2, 0) is 6.54 Å². The van der Waals surface area contributed by atoms with Gasteiger partial charge in [-0.15, -0.1) is 0 Å². The van der Waals surface area contributed by atoms with Crippen LogP contribution in [0.2, 0.25) is 0 Å². The second kappa shape index (κ2) is 7.37. The topological polar surface area (TPSA) is 3.24 Å². The van der Waals surface area contributed by atoms with E-state index in [-0.39, 0.29) is 0 Å². The van der Waals surface area contributed by atoms with E-state index in [0.717, 1.165) is 6.54 Å². The summed E-state index contributed by atoms with van der Waals surface area (Å²) in [7, 11) is 0. The lowest BCUT2D eigenvalue weighted by Crippen LogP contribution is -2.25. The molecule has 17 heavy (non-hydrogen) atoms. The summed E-state index contributed by atoms with van der Waals surface area (Å²) < 4.78 is 1.38. The molecule has 2 heteroatoms. The molecule has 0 N–H and O–H groups in total. The zero-order valence-corrected chi connectivity index (χ0v) is 13.7. The molecule has 1 aromatic carbocycles. The monoisotopic (exact) mass is 345 g/mol. The largest absolute Gasteiger partial charge is 0.299 e. The molecule has 0 aliphatic rings. The van der Waals surface area contributed by atoms with Gasteiger partial charge in [0, 0.05) is 10.1 Å². The van der Waals surface area contributed by atoms with E-state index < -0.39 is 0 Å². The predicted octanol–water partition coefficient (Wildman–Crippen LogP) is 4.53. The Morgan fingerprint density at radius 2 is 1.59 bits per heavy atom. The maximum Gasteiger partial charge on any atom is 0.0236 e. The zero-order valence-electron chi connectivity index (χ0n) is 11.5. The van der Waals surface area contributed by atoms with Gasteiger partial charge in [-0.25, -0.2) is 0 Å².